The molecule has 3 unspecified atom stereocenters. The number of hydrogen-bond acceptors (Lipinski definition) is 1. The van der Waals surface area contributed by atoms with Gasteiger partial charge in [-0.2, -0.15) is 0 Å². The van der Waals surface area contributed by atoms with E-state index < -0.39 is 0 Å². The molecule has 1 aliphatic rings. The first kappa shape index (κ1) is 12.9. The number of benzene rings is 1. The van der Waals surface area contributed by atoms with Crippen molar-refractivity contribution in [1.82, 2.24) is 0 Å². The minimum absolute atomic E-state index is 0.639. The lowest BCUT2D eigenvalue weighted by molar-refractivity contribution is 0.261. The summed E-state index contributed by atoms with van der Waals surface area (Å²) in [4.78, 5) is 0. The maximum atomic E-state index is 3.68. The van der Waals surface area contributed by atoms with Gasteiger partial charge in [0.25, 0.3) is 0 Å². The fourth-order valence-corrected chi connectivity index (χ4v) is 3.24. The quantitative estimate of drug-likeness (QED) is 0.810. The average molecular weight is 296 g/mol. The van der Waals surface area contributed by atoms with Crippen LogP contribution in [0, 0.1) is 18.8 Å². The SMILES string of the molecule is Cc1ccc(NC2CCC(C)C(C)C2)c(Br)c1. The molecule has 0 aliphatic heterocycles. The second-order valence-corrected chi connectivity index (χ2v) is 6.45. The Morgan fingerprint density at radius 2 is 1.94 bits per heavy atom. The maximum Gasteiger partial charge on any atom is 0.0486 e. The highest BCUT2D eigenvalue weighted by Crippen LogP contribution is 2.32. The third kappa shape index (κ3) is 3.25. The van der Waals surface area contributed by atoms with Crippen LogP contribution >= 0.6 is 15.9 Å². The van der Waals surface area contributed by atoms with Crippen molar-refractivity contribution in [1.29, 1.82) is 0 Å². The minimum atomic E-state index is 0.639. The van der Waals surface area contributed by atoms with E-state index in [9.17, 15) is 0 Å². The summed E-state index contributed by atoms with van der Waals surface area (Å²) in [5.41, 5.74) is 2.54. The molecule has 0 spiro atoms. The highest BCUT2D eigenvalue weighted by Gasteiger charge is 2.24. The van der Waals surface area contributed by atoms with Crippen molar-refractivity contribution in [3.05, 3.63) is 28.2 Å². The molecule has 1 saturated carbocycles. The van der Waals surface area contributed by atoms with Gasteiger partial charge >= 0.3 is 0 Å². The summed E-state index contributed by atoms with van der Waals surface area (Å²) in [6.07, 6.45) is 3.94. The van der Waals surface area contributed by atoms with Gasteiger partial charge in [-0.05, 0) is 71.6 Å². The number of halogens is 1. The van der Waals surface area contributed by atoms with Gasteiger partial charge < -0.3 is 5.32 Å². The van der Waals surface area contributed by atoms with Crippen LogP contribution in [0.15, 0.2) is 22.7 Å². The average Bonchev–Trinajstić information content (AvgIpc) is 2.27. The normalized spacial score (nSPS) is 29.1. The summed E-state index contributed by atoms with van der Waals surface area (Å²) in [5, 5.41) is 3.68. The molecule has 0 saturated heterocycles. The summed E-state index contributed by atoms with van der Waals surface area (Å²) in [6, 6.07) is 7.17. The van der Waals surface area contributed by atoms with E-state index in [2.05, 4.69) is 60.2 Å². The number of rotatable bonds is 2. The van der Waals surface area contributed by atoms with Gasteiger partial charge in [0, 0.05) is 16.2 Å². The van der Waals surface area contributed by atoms with E-state index in [4.69, 9.17) is 0 Å². The standard InChI is InChI=1S/C15H22BrN/c1-10-4-7-15(14(16)8-10)17-13-6-5-11(2)12(3)9-13/h4,7-8,11-13,17H,5-6,9H2,1-3H3. The van der Waals surface area contributed by atoms with E-state index in [1.54, 1.807) is 0 Å². The molecule has 1 fully saturated rings. The van der Waals surface area contributed by atoms with Crippen LogP contribution in [-0.2, 0) is 0 Å². The summed E-state index contributed by atoms with van der Waals surface area (Å²) in [7, 11) is 0. The van der Waals surface area contributed by atoms with Crippen LogP contribution in [0.1, 0.15) is 38.7 Å². The first-order valence-electron chi connectivity index (χ1n) is 6.59. The van der Waals surface area contributed by atoms with E-state index in [1.807, 2.05) is 0 Å². The predicted molar refractivity (Wildman–Crippen MR) is 78.5 cm³/mol. The molecule has 3 atom stereocenters. The summed E-state index contributed by atoms with van der Waals surface area (Å²) in [5.74, 6) is 1.72. The fourth-order valence-electron chi connectivity index (χ4n) is 2.64. The van der Waals surface area contributed by atoms with Gasteiger partial charge in [-0.25, -0.2) is 0 Å². The zero-order chi connectivity index (χ0) is 12.4. The van der Waals surface area contributed by atoms with E-state index in [0.29, 0.717) is 6.04 Å². The van der Waals surface area contributed by atoms with Gasteiger partial charge in [0.15, 0.2) is 0 Å². The Bertz CT molecular complexity index is 389. The fraction of sp³-hybridized carbons (Fsp3) is 0.600. The van der Waals surface area contributed by atoms with E-state index in [0.717, 1.165) is 11.8 Å². The zero-order valence-electron chi connectivity index (χ0n) is 11.0. The molecule has 1 aliphatic carbocycles. The van der Waals surface area contributed by atoms with E-state index in [1.165, 1.54) is 35.0 Å². The van der Waals surface area contributed by atoms with Crippen LogP contribution in [0.25, 0.3) is 0 Å². The number of anilines is 1. The molecular formula is C15H22BrN. The van der Waals surface area contributed by atoms with Crippen molar-refractivity contribution in [3.8, 4) is 0 Å². The van der Waals surface area contributed by atoms with Crippen LogP contribution in [-0.4, -0.2) is 6.04 Å². The smallest absolute Gasteiger partial charge is 0.0486 e. The van der Waals surface area contributed by atoms with Gasteiger partial charge in [-0.15, -0.1) is 0 Å². The number of aryl methyl sites for hydroxylation is 1. The van der Waals surface area contributed by atoms with Crippen molar-refractivity contribution in [2.75, 3.05) is 5.32 Å². The van der Waals surface area contributed by atoms with Crippen LogP contribution in [0.2, 0.25) is 0 Å². The molecule has 1 aromatic carbocycles. The van der Waals surface area contributed by atoms with Gasteiger partial charge in [0.05, 0.1) is 0 Å². The van der Waals surface area contributed by atoms with Crippen LogP contribution < -0.4 is 5.32 Å². The first-order valence-corrected chi connectivity index (χ1v) is 7.38. The molecule has 0 aromatic heterocycles. The second kappa shape index (κ2) is 5.43. The monoisotopic (exact) mass is 295 g/mol. The third-order valence-electron chi connectivity index (χ3n) is 4.08. The van der Waals surface area contributed by atoms with Crippen molar-refractivity contribution >= 4 is 21.6 Å². The molecule has 0 radical (unpaired) electrons. The number of nitrogens with one attached hydrogen (secondary N) is 1. The second-order valence-electron chi connectivity index (χ2n) is 5.59. The van der Waals surface area contributed by atoms with Gasteiger partial charge in [0.1, 0.15) is 0 Å². The van der Waals surface area contributed by atoms with Crippen molar-refractivity contribution in [3.63, 3.8) is 0 Å². The third-order valence-corrected chi connectivity index (χ3v) is 4.74. The lowest BCUT2D eigenvalue weighted by atomic mass is 9.79. The number of hydrogen-bond donors (Lipinski definition) is 1. The molecule has 0 bridgehead atoms. The molecule has 0 heterocycles. The molecular weight excluding hydrogens is 274 g/mol. The molecule has 17 heavy (non-hydrogen) atoms. The lowest BCUT2D eigenvalue weighted by Crippen LogP contribution is -2.30. The summed E-state index contributed by atoms with van der Waals surface area (Å²) < 4.78 is 1.18. The highest BCUT2D eigenvalue weighted by atomic mass is 79.9. The first-order chi connectivity index (χ1) is 8.06. The molecule has 94 valence electrons. The van der Waals surface area contributed by atoms with Crippen molar-refractivity contribution in [2.24, 2.45) is 11.8 Å². The zero-order valence-corrected chi connectivity index (χ0v) is 12.5. The van der Waals surface area contributed by atoms with E-state index in [-0.39, 0.29) is 0 Å². The largest absolute Gasteiger partial charge is 0.381 e. The Kier molecular flexibility index (Phi) is 4.13. The predicted octanol–water partition coefficient (Wildman–Crippen LogP) is 4.99. The molecule has 1 N–H and O–H groups in total. The summed E-state index contributed by atoms with van der Waals surface area (Å²) >= 11 is 3.64. The Balaban J connectivity index is 2.01. The van der Waals surface area contributed by atoms with Crippen LogP contribution in [0.4, 0.5) is 5.69 Å². The van der Waals surface area contributed by atoms with Crippen LogP contribution in [0.3, 0.4) is 0 Å². The van der Waals surface area contributed by atoms with Crippen LogP contribution in [0.5, 0.6) is 0 Å². The molecule has 2 heteroatoms. The Morgan fingerprint density at radius 3 is 2.59 bits per heavy atom. The molecule has 0 amide bonds. The van der Waals surface area contributed by atoms with Crippen molar-refractivity contribution in [2.45, 2.75) is 46.1 Å². The summed E-state index contributed by atoms with van der Waals surface area (Å²) in [6.45, 7) is 6.88. The highest BCUT2D eigenvalue weighted by molar-refractivity contribution is 9.10. The van der Waals surface area contributed by atoms with E-state index >= 15 is 0 Å². The topological polar surface area (TPSA) is 12.0 Å². The Hall–Kier alpha value is -0.500. The van der Waals surface area contributed by atoms with Gasteiger partial charge in [-0.3, -0.25) is 0 Å². The van der Waals surface area contributed by atoms with Crippen molar-refractivity contribution < 1.29 is 0 Å². The van der Waals surface area contributed by atoms with Gasteiger partial charge in [-0.1, -0.05) is 19.9 Å². The minimum Gasteiger partial charge on any atom is -0.381 e. The molecule has 1 aromatic rings. The maximum absolute atomic E-state index is 3.68. The molecule has 1 nitrogen and oxygen atoms in total. The molecule has 2 rings (SSSR count). The van der Waals surface area contributed by atoms with Gasteiger partial charge in [0.2, 0.25) is 0 Å². The Labute approximate surface area is 113 Å². The lowest BCUT2D eigenvalue weighted by Gasteiger charge is -2.33. The Morgan fingerprint density at radius 1 is 1.18 bits per heavy atom.